The van der Waals surface area contributed by atoms with Crippen LogP contribution in [0.25, 0.3) is 0 Å². The van der Waals surface area contributed by atoms with Gasteiger partial charge in [0.1, 0.15) is 0 Å². The SMILES string of the molecule is C#CC/C=C(\C=C/Cc1ccccc1)C1=C2CC=C3C=C(C(C)(C)C)C=C4C=CC(C=C1)C2C34. The third kappa shape index (κ3) is 4.28. The summed E-state index contributed by atoms with van der Waals surface area (Å²) in [4.78, 5) is 0. The first-order valence-corrected chi connectivity index (χ1v) is 12.5. The van der Waals surface area contributed by atoms with Crippen LogP contribution in [0.2, 0.25) is 0 Å². The molecule has 0 aliphatic heterocycles. The minimum atomic E-state index is 0.159. The van der Waals surface area contributed by atoms with Gasteiger partial charge >= 0.3 is 0 Å². The Labute approximate surface area is 205 Å². The van der Waals surface area contributed by atoms with Crippen molar-refractivity contribution in [1.29, 1.82) is 0 Å². The molecule has 0 bridgehead atoms. The zero-order valence-corrected chi connectivity index (χ0v) is 20.6. The van der Waals surface area contributed by atoms with Crippen LogP contribution in [-0.2, 0) is 6.42 Å². The summed E-state index contributed by atoms with van der Waals surface area (Å²) in [7, 11) is 0. The molecule has 0 nitrogen and oxygen atoms in total. The van der Waals surface area contributed by atoms with E-state index in [0.29, 0.717) is 24.2 Å². The van der Waals surface area contributed by atoms with Crippen LogP contribution in [0.15, 0.2) is 125 Å². The monoisotopic (exact) mass is 442 g/mol. The second-order valence-corrected chi connectivity index (χ2v) is 10.8. The van der Waals surface area contributed by atoms with Crippen molar-refractivity contribution in [3.05, 3.63) is 130 Å². The van der Waals surface area contributed by atoms with E-state index in [1.165, 1.54) is 33.4 Å². The summed E-state index contributed by atoms with van der Waals surface area (Å²) in [6.07, 6.45) is 32.0. The predicted molar refractivity (Wildman–Crippen MR) is 145 cm³/mol. The first kappa shape index (κ1) is 22.5. The maximum atomic E-state index is 5.66. The van der Waals surface area contributed by atoms with Crippen molar-refractivity contribution in [3.8, 4) is 12.3 Å². The Morgan fingerprint density at radius 2 is 1.85 bits per heavy atom. The van der Waals surface area contributed by atoms with E-state index in [0.717, 1.165) is 12.8 Å². The molecular weight excluding hydrogens is 408 g/mol. The molecule has 0 radical (unpaired) electrons. The maximum absolute atomic E-state index is 5.66. The summed E-state index contributed by atoms with van der Waals surface area (Å²) in [5.41, 5.74) is 10.1. The van der Waals surface area contributed by atoms with E-state index in [-0.39, 0.29) is 5.41 Å². The summed E-state index contributed by atoms with van der Waals surface area (Å²) in [6.45, 7) is 6.93. The second kappa shape index (κ2) is 9.15. The van der Waals surface area contributed by atoms with Crippen LogP contribution in [0.1, 0.15) is 39.2 Å². The van der Waals surface area contributed by atoms with Crippen molar-refractivity contribution in [1.82, 2.24) is 0 Å². The molecule has 0 heterocycles. The van der Waals surface area contributed by atoms with Gasteiger partial charge in [-0.3, -0.25) is 0 Å². The van der Waals surface area contributed by atoms with Crippen molar-refractivity contribution in [2.24, 2.45) is 23.2 Å². The zero-order valence-electron chi connectivity index (χ0n) is 20.6. The molecule has 3 atom stereocenters. The lowest BCUT2D eigenvalue weighted by Gasteiger charge is -2.45. The van der Waals surface area contributed by atoms with Gasteiger partial charge in [0.05, 0.1) is 0 Å². The van der Waals surface area contributed by atoms with Crippen molar-refractivity contribution < 1.29 is 0 Å². The molecule has 0 saturated heterocycles. The highest BCUT2D eigenvalue weighted by atomic mass is 14.5. The maximum Gasteiger partial charge on any atom is 0.0276 e. The fourth-order valence-electron chi connectivity index (χ4n) is 5.76. The molecule has 0 saturated carbocycles. The van der Waals surface area contributed by atoms with E-state index in [4.69, 9.17) is 6.42 Å². The predicted octanol–water partition coefficient (Wildman–Crippen LogP) is 8.26. The van der Waals surface area contributed by atoms with Crippen molar-refractivity contribution in [2.75, 3.05) is 0 Å². The van der Waals surface area contributed by atoms with Crippen LogP contribution in [0.3, 0.4) is 0 Å². The Hall–Kier alpha value is -3.30. The lowest BCUT2D eigenvalue weighted by atomic mass is 9.58. The van der Waals surface area contributed by atoms with Gasteiger partial charge in [-0.05, 0) is 51.7 Å². The average Bonchev–Trinajstić information content (AvgIpc) is 2.84. The van der Waals surface area contributed by atoms with Gasteiger partial charge in [0, 0.05) is 24.2 Å². The summed E-state index contributed by atoms with van der Waals surface area (Å²) in [5.74, 6) is 4.25. The number of hydrogen-bond acceptors (Lipinski definition) is 0. The minimum Gasteiger partial charge on any atom is -0.120 e. The molecule has 0 N–H and O–H groups in total. The Kier molecular flexibility index (Phi) is 6.05. The summed E-state index contributed by atoms with van der Waals surface area (Å²) >= 11 is 0. The molecule has 4 aliphatic carbocycles. The number of hydrogen-bond donors (Lipinski definition) is 0. The van der Waals surface area contributed by atoms with Crippen LogP contribution in [0, 0.1) is 35.5 Å². The molecule has 0 aromatic heterocycles. The molecule has 4 aliphatic rings. The normalized spacial score (nSPS) is 25.5. The molecule has 0 amide bonds. The van der Waals surface area contributed by atoms with Crippen molar-refractivity contribution in [2.45, 2.75) is 40.0 Å². The van der Waals surface area contributed by atoms with Gasteiger partial charge in [-0.25, -0.2) is 0 Å². The molecule has 1 aromatic carbocycles. The molecule has 1 aromatic rings. The Morgan fingerprint density at radius 1 is 1.06 bits per heavy atom. The lowest BCUT2D eigenvalue weighted by Crippen LogP contribution is -2.35. The third-order valence-corrected chi connectivity index (χ3v) is 7.55. The fraction of sp³-hybridized carbons (Fsp3) is 0.294. The molecule has 170 valence electrons. The van der Waals surface area contributed by atoms with E-state index in [1.54, 1.807) is 5.57 Å². The van der Waals surface area contributed by atoms with E-state index in [2.05, 4.69) is 118 Å². The molecule has 5 rings (SSSR count). The van der Waals surface area contributed by atoms with Crippen LogP contribution in [0.5, 0.6) is 0 Å². The standard InChI is InChI=1S/C34H34/c1-5-6-14-25(15-10-13-24-11-8-7-9-12-24)30-20-18-26-16-17-27-22-29(34(2,3)4)23-28-19-21-31(30)33(26)32(27)28/h1,7-12,14-20,22-23,26,32-33H,6,13,21H2,2-4H3/b15-10-,25-14+. The largest absolute Gasteiger partial charge is 0.120 e. The molecule has 0 fully saturated rings. The van der Waals surface area contributed by atoms with Crippen LogP contribution >= 0.6 is 0 Å². The Morgan fingerprint density at radius 3 is 2.62 bits per heavy atom. The van der Waals surface area contributed by atoms with Crippen LogP contribution < -0.4 is 0 Å². The number of rotatable bonds is 5. The highest BCUT2D eigenvalue weighted by Crippen LogP contribution is 2.53. The van der Waals surface area contributed by atoms with Gasteiger partial charge in [0.2, 0.25) is 0 Å². The number of benzene rings is 1. The highest BCUT2D eigenvalue weighted by Gasteiger charge is 2.42. The third-order valence-electron chi connectivity index (χ3n) is 7.55. The smallest absolute Gasteiger partial charge is 0.0276 e. The fourth-order valence-corrected chi connectivity index (χ4v) is 5.76. The second-order valence-electron chi connectivity index (χ2n) is 10.8. The minimum absolute atomic E-state index is 0.159. The summed E-state index contributed by atoms with van der Waals surface area (Å²) in [5, 5.41) is 0. The van der Waals surface area contributed by atoms with Gasteiger partial charge in [0.25, 0.3) is 0 Å². The zero-order chi connectivity index (χ0) is 23.7. The topological polar surface area (TPSA) is 0 Å². The van der Waals surface area contributed by atoms with Gasteiger partial charge in [-0.15, -0.1) is 12.3 Å². The highest BCUT2D eigenvalue weighted by molar-refractivity contribution is 5.60. The molecule has 34 heavy (non-hydrogen) atoms. The van der Waals surface area contributed by atoms with Gasteiger partial charge in [-0.2, -0.15) is 0 Å². The lowest BCUT2D eigenvalue weighted by molar-refractivity contribution is 0.390. The first-order valence-electron chi connectivity index (χ1n) is 12.5. The summed E-state index contributed by atoms with van der Waals surface area (Å²) in [6, 6.07) is 10.6. The molecule has 3 unspecified atom stereocenters. The Balaban J connectivity index is 1.53. The van der Waals surface area contributed by atoms with Crippen LogP contribution in [0.4, 0.5) is 0 Å². The van der Waals surface area contributed by atoms with Crippen molar-refractivity contribution in [3.63, 3.8) is 0 Å². The van der Waals surface area contributed by atoms with Gasteiger partial charge in [-0.1, -0.05) is 117 Å². The van der Waals surface area contributed by atoms with Crippen molar-refractivity contribution >= 4 is 0 Å². The molecule has 0 spiro atoms. The van der Waals surface area contributed by atoms with E-state index in [9.17, 15) is 0 Å². The Bertz CT molecular complexity index is 1250. The quantitative estimate of drug-likeness (QED) is 0.318. The average molecular weight is 443 g/mol. The summed E-state index contributed by atoms with van der Waals surface area (Å²) < 4.78 is 0. The van der Waals surface area contributed by atoms with Gasteiger partial charge < -0.3 is 0 Å². The number of terminal acetylenes is 1. The van der Waals surface area contributed by atoms with E-state index >= 15 is 0 Å². The first-order chi connectivity index (χ1) is 16.5. The molecular formula is C34H34. The molecule has 0 heteroatoms. The number of allylic oxidation sites excluding steroid dienone is 16. The van der Waals surface area contributed by atoms with E-state index < -0.39 is 0 Å². The van der Waals surface area contributed by atoms with Gasteiger partial charge in [0.15, 0.2) is 0 Å². The van der Waals surface area contributed by atoms with Crippen LogP contribution in [-0.4, -0.2) is 0 Å². The van der Waals surface area contributed by atoms with E-state index in [1.807, 2.05) is 0 Å².